The first-order chi connectivity index (χ1) is 5.15. The molecule has 0 aromatic heterocycles. The molecule has 0 unspecified atom stereocenters. The lowest BCUT2D eigenvalue weighted by Gasteiger charge is -2.06. The molecule has 0 saturated carbocycles. The van der Waals surface area contributed by atoms with Crippen molar-refractivity contribution in [2.24, 2.45) is 0 Å². The number of nitrogens with two attached hydrogens (primary N) is 2. The Bertz CT molecular complexity index is 271. The lowest BCUT2D eigenvalue weighted by atomic mass is 10.1. The zero-order valence-corrected chi connectivity index (χ0v) is 7.15. The molecule has 2 nitrogen and oxygen atoms in total. The van der Waals surface area contributed by atoms with Crippen LogP contribution >= 0.6 is 11.6 Å². The Morgan fingerprint density at radius 2 is 2.00 bits per heavy atom. The molecule has 0 fully saturated rings. The fourth-order valence-corrected chi connectivity index (χ4v) is 1.23. The quantitative estimate of drug-likeness (QED) is 0.500. The van der Waals surface area contributed by atoms with Crippen molar-refractivity contribution in [3.05, 3.63) is 23.3 Å². The Balaban J connectivity index is 3.24. The average Bonchev–Trinajstić information content (AvgIpc) is 1.96. The number of benzene rings is 1. The van der Waals surface area contributed by atoms with Crippen molar-refractivity contribution in [2.75, 3.05) is 11.5 Å². The largest absolute Gasteiger partial charge is 0.397 e. The lowest BCUT2D eigenvalue weighted by molar-refractivity contribution is 1.35. The Morgan fingerprint density at radius 3 is 2.55 bits per heavy atom. The normalized spacial score (nSPS) is 10.0. The summed E-state index contributed by atoms with van der Waals surface area (Å²) in [5, 5.41) is 0. The molecule has 3 heteroatoms. The second-order valence-corrected chi connectivity index (χ2v) is 2.83. The highest BCUT2D eigenvalue weighted by atomic mass is 35.5. The van der Waals surface area contributed by atoms with E-state index in [1.807, 2.05) is 19.1 Å². The number of hydrogen-bond donors (Lipinski definition) is 2. The maximum absolute atomic E-state index is 5.65. The number of halogens is 1. The predicted molar refractivity (Wildman–Crippen MR) is 49.6 cm³/mol. The van der Waals surface area contributed by atoms with E-state index in [4.69, 9.17) is 23.1 Å². The summed E-state index contributed by atoms with van der Waals surface area (Å²) in [4.78, 5) is 0. The van der Waals surface area contributed by atoms with Crippen molar-refractivity contribution in [1.29, 1.82) is 0 Å². The molecule has 1 rings (SSSR count). The summed E-state index contributed by atoms with van der Waals surface area (Å²) in [6.07, 6.45) is 0. The molecule has 4 N–H and O–H groups in total. The van der Waals surface area contributed by atoms with E-state index >= 15 is 0 Å². The van der Waals surface area contributed by atoms with E-state index in [0.29, 0.717) is 17.3 Å². The Kier molecular flexibility index (Phi) is 2.25. The first-order valence-electron chi connectivity index (χ1n) is 3.35. The molecule has 0 amide bonds. The maximum Gasteiger partial charge on any atom is 0.0592 e. The molecule has 1 aromatic rings. The minimum absolute atomic E-state index is 0.414. The zero-order chi connectivity index (χ0) is 8.43. The van der Waals surface area contributed by atoms with Crippen molar-refractivity contribution in [3.8, 4) is 0 Å². The van der Waals surface area contributed by atoms with Gasteiger partial charge in [-0.15, -0.1) is 11.6 Å². The molecule has 0 atom stereocenters. The van der Waals surface area contributed by atoms with Gasteiger partial charge in [0.25, 0.3) is 0 Å². The number of nitrogen functional groups attached to an aromatic ring is 2. The fraction of sp³-hybridized carbons (Fsp3) is 0.250. The highest BCUT2D eigenvalue weighted by Crippen LogP contribution is 2.23. The maximum atomic E-state index is 5.65. The Morgan fingerprint density at radius 1 is 1.36 bits per heavy atom. The lowest BCUT2D eigenvalue weighted by Crippen LogP contribution is -1.99. The van der Waals surface area contributed by atoms with Crippen LogP contribution in [0.15, 0.2) is 12.1 Å². The number of hydrogen-bond acceptors (Lipinski definition) is 2. The van der Waals surface area contributed by atoms with Crippen LogP contribution in [0.3, 0.4) is 0 Å². The van der Waals surface area contributed by atoms with Gasteiger partial charge in [0.05, 0.1) is 11.4 Å². The van der Waals surface area contributed by atoms with Crippen molar-refractivity contribution in [1.82, 2.24) is 0 Å². The molecule has 0 aliphatic rings. The zero-order valence-electron chi connectivity index (χ0n) is 6.39. The third-order valence-corrected chi connectivity index (χ3v) is 1.87. The Hall–Kier alpha value is -0.890. The van der Waals surface area contributed by atoms with Gasteiger partial charge in [0, 0.05) is 5.88 Å². The topological polar surface area (TPSA) is 52.0 Å². The molecule has 0 radical (unpaired) electrons. The minimum atomic E-state index is 0.414. The molecule has 0 heterocycles. The predicted octanol–water partition coefficient (Wildman–Crippen LogP) is 1.90. The smallest absolute Gasteiger partial charge is 0.0592 e. The molecule has 1 aromatic carbocycles. The summed E-state index contributed by atoms with van der Waals surface area (Å²) in [6, 6.07) is 3.78. The van der Waals surface area contributed by atoms with E-state index in [0.717, 1.165) is 11.1 Å². The van der Waals surface area contributed by atoms with Crippen molar-refractivity contribution in [2.45, 2.75) is 12.8 Å². The van der Waals surface area contributed by atoms with Gasteiger partial charge in [-0.1, -0.05) is 6.07 Å². The van der Waals surface area contributed by atoms with Crippen LogP contribution in [0.5, 0.6) is 0 Å². The SMILES string of the molecule is Cc1cc(N)c(N)c(CCl)c1. The second-order valence-electron chi connectivity index (χ2n) is 2.56. The van der Waals surface area contributed by atoms with Crippen molar-refractivity contribution < 1.29 is 0 Å². The Labute approximate surface area is 71.1 Å². The molecule has 11 heavy (non-hydrogen) atoms. The van der Waals surface area contributed by atoms with Gasteiger partial charge in [0.1, 0.15) is 0 Å². The molecular formula is C8H11ClN2. The van der Waals surface area contributed by atoms with Crippen molar-refractivity contribution in [3.63, 3.8) is 0 Å². The number of alkyl halides is 1. The van der Waals surface area contributed by atoms with E-state index < -0.39 is 0 Å². The average molecular weight is 171 g/mol. The summed E-state index contributed by atoms with van der Waals surface area (Å²) >= 11 is 5.64. The summed E-state index contributed by atoms with van der Waals surface area (Å²) in [5.41, 5.74) is 14.5. The minimum Gasteiger partial charge on any atom is -0.397 e. The van der Waals surface area contributed by atoms with Crippen LogP contribution in [-0.4, -0.2) is 0 Å². The van der Waals surface area contributed by atoms with Crippen LogP contribution in [0.25, 0.3) is 0 Å². The summed E-state index contributed by atoms with van der Waals surface area (Å²) < 4.78 is 0. The van der Waals surface area contributed by atoms with E-state index in [2.05, 4.69) is 0 Å². The van der Waals surface area contributed by atoms with Gasteiger partial charge in [-0.25, -0.2) is 0 Å². The van der Waals surface area contributed by atoms with E-state index in [9.17, 15) is 0 Å². The first-order valence-corrected chi connectivity index (χ1v) is 3.89. The molecule has 0 saturated heterocycles. The summed E-state index contributed by atoms with van der Waals surface area (Å²) in [5.74, 6) is 0.414. The van der Waals surface area contributed by atoms with E-state index in [1.54, 1.807) is 0 Å². The van der Waals surface area contributed by atoms with Gasteiger partial charge in [-0.2, -0.15) is 0 Å². The third kappa shape index (κ3) is 1.57. The van der Waals surface area contributed by atoms with E-state index in [1.165, 1.54) is 0 Å². The van der Waals surface area contributed by atoms with Gasteiger partial charge < -0.3 is 11.5 Å². The standard InChI is InChI=1S/C8H11ClN2/c1-5-2-6(4-9)8(11)7(10)3-5/h2-3H,4,10-11H2,1H3. The molecule has 0 aliphatic carbocycles. The molecule has 0 bridgehead atoms. The monoisotopic (exact) mass is 170 g/mol. The first kappa shape index (κ1) is 8.21. The van der Waals surface area contributed by atoms with Crippen LogP contribution in [0, 0.1) is 6.92 Å². The van der Waals surface area contributed by atoms with E-state index in [-0.39, 0.29) is 0 Å². The highest BCUT2D eigenvalue weighted by Gasteiger charge is 2.01. The van der Waals surface area contributed by atoms with Crippen LogP contribution in [0.4, 0.5) is 11.4 Å². The third-order valence-electron chi connectivity index (χ3n) is 1.59. The van der Waals surface area contributed by atoms with Gasteiger partial charge in [0.15, 0.2) is 0 Å². The van der Waals surface area contributed by atoms with Gasteiger partial charge in [-0.3, -0.25) is 0 Å². The fourth-order valence-electron chi connectivity index (χ4n) is 1.01. The van der Waals surface area contributed by atoms with Crippen LogP contribution < -0.4 is 11.5 Å². The molecule has 0 spiro atoms. The molecule has 60 valence electrons. The number of anilines is 2. The van der Waals surface area contributed by atoms with Gasteiger partial charge in [-0.05, 0) is 24.1 Å². The summed E-state index contributed by atoms with van der Waals surface area (Å²) in [7, 11) is 0. The summed E-state index contributed by atoms with van der Waals surface area (Å²) in [6.45, 7) is 1.96. The van der Waals surface area contributed by atoms with Crippen LogP contribution in [-0.2, 0) is 5.88 Å². The number of aryl methyl sites for hydroxylation is 1. The number of rotatable bonds is 1. The second kappa shape index (κ2) is 3.01. The molecule has 0 aliphatic heterocycles. The van der Waals surface area contributed by atoms with Crippen LogP contribution in [0.1, 0.15) is 11.1 Å². The van der Waals surface area contributed by atoms with Gasteiger partial charge in [0.2, 0.25) is 0 Å². The van der Waals surface area contributed by atoms with Gasteiger partial charge >= 0.3 is 0 Å². The molecular weight excluding hydrogens is 160 g/mol. The van der Waals surface area contributed by atoms with Crippen molar-refractivity contribution >= 4 is 23.0 Å². The van der Waals surface area contributed by atoms with Crippen LogP contribution in [0.2, 0.25) is 0 Å². The highest BCUT2D eigenvalue weighted by molar-refractivity contribution is 6.17.